The number of ether oxygens (including phenoxy) is 1. The van der Waals surface area contributed by atoms with Crippen LogP contribution in [0.1, 0.15) is 18.1 Å². The summed E-state index contributed by atoms with van der Waals surface area (Å²) in [6, 6.07) is 13.3. The third-order valence-electron chi connectivity index (χ3n) is 5.40. The average Bonchev–Trinajstić information content (AvgIpc) is 2.73. The fourth-order valence-electron chi connectivity index (χ4n) is 3.43. The minimum Gasteiger partial charge on any atom is -0.481 e. The lowest BCUT2D eigenvalue weighted by atomic mass is 10.1. The van der Waals surface area contributed by atoms with Gasteiger partial charge >= 0.3 is 0 Å². The second kappa shape index (κ2) is 10.1. The summed E-state index contributed by atoms with van der Waals surface area (Å²) >= 11 is 3.39. The van der Waals surface area contributed by atoms with E-state index in [-0.39, 0.29) is 11.8 Å². The van der Waals surface area contributed by atoms with Gasteiger partial charge in [0.25, 0.3) is 5.91 Å². The lowest BCUT2D eigenvalue weighted by Gasteiger charge is -2.35. The maximum atomic E-state index is 12.7. The van der Waals surface area contributed by atoms with Crippen molar-refractivity contribution in [1.29, 1.82) is 0 Å². The Kier molecular flexibility index (Phi) is 7.50. The van der Waals surface area contributed by atoms with Crippen molar-refractivity contribution in [2.24, 2.45) is 0 Å². The maximum Gasteiger partial charge on any atom is 0.263 e. The summed E-state index contributed by atoms with van der Waals surface area (Å²) in [5.74, 6) is 0.605. The molecule has 0 aliphatic carbocycles. The van der Waals surface area contributed by atoms with Crippen LogP contribution in [0.4, 0.5) is 5.69 Å². The summed E-state index contributed by atoms with van der Waals surface area (Å²) < 4.78 is 6.74. The van der Waals surface area contributed by atoms with Gasteiger partial charge in [0.2, 0.25) is 5.91 Å². The first kappa shape index (κ1) is 22.3. The SMILES string of the molecule is Cc1cccc(NC(=O)CN2CCN(C(=O)[C@@H](C)Oc3ccc(Br)cc3)CC2)c1C. The molecule has 0 unspecified atom stereocenters. The van der Waals surface area contributed by atoms with Gasteiger partial charge in [0.05, 0.1) is 6.54 Å². The molecule has 0 radical (unpaired) electrons. The Morgan fingerprint density at radius 1 is 1.07 bits per heavy atom. The lowest BCUT2D eigenvalue weighted by Crippen LogP contribution is -2.53. The average molecular weight is 474 g/mol. The second-order valence-electron chi connectivity index (χ2n) is 7.61. The predicted molar refractivity (Wildman–Crippen MR) is 122 cm³/mol. The van der Waals surface area contributed by atoms with Crippen LogP contribution in [-0.2, 0) is 9.59 Å². The number of hydrogen-bond donors (Lipinski definition) is 1. The minimum atomic E-state index is -0.551. The summed E-state index contributed by atoms with van der Waals surface area (Å²) in [6.45, 7) is 8.63. The Balaban J connectivity index is 1.45. The Labute approximate surface area is 186 Å². The van der Waals surface area contributed by atoms with Gasteiger partial charge in [-0.15, -0.1) is 0 Å². The smallest absolute Gasteiger partial charge is 0.263 e. The zero-order valence-corrected chi connectivity index (χ0v) is 19.2. The fourth-order valence-corrected chi connectivity index (χ4v) is 3.69. The number of piperazine rings is 1. The molecular formula is C23H28BrN3O3. The van der Waals surface area contributed by atoms with Crippen LogP contribution in [0.15, 0.2) is 46.9 Å². The highest BCUT2D eigenvalue weighted by atomic mass is 79.9. The molecule has 0 bridgehead atoms. The number of carbonyl (C=O) groups excluding carboxylic acids is 2. The van der Waals surface area contributed by atoms with Gasteiger partial charge in [-0.2, -0.15) is 0 Å². The van der Waals surface area contributed by atoms with Crippen molar-refractivity contribution < 1.29 is 14.3 Å². The molecule has 160 valence electrons. The number of halogens is 1. The topological polar surface area (TPSA) is 61.9 Å². The van der Waals surface area contributed by atoms with E-state index in [1.165, 1.54) is 0 Å². The lowest BCUT2D eigenvalue weighted by molar-refractivity contribution is -0.139. The van der Waals surface area contributed by atoms with Gasteiger partial charge < -0.3 is 15.0 Å². The maximum absolute atomic E-state index is 12.7. The van der Waals surface area contributed by atoms with Gasteiger partial charge in [0.1, 0.15) is 5.75 Å². The van der Waals surface area contributed by atoms with Crippen LogP contribution in [0, 0.1) is 13.8 Å². The van der Waals surface area contributed by atoms with E-state index in [4.69, 9.17) is 4.74 Å². The molecule has 30 heavy (non-hydrogen) atoms. The van der Waals surface area contributed by atoms with Crippen LogP contribution in [0.3, 0.4) is 0 Å². The minimum absolute atomic E-state index is 0.0302. The first-order valence-corrected chi connectivity index (χ1v) is 10.9. The van der Waals surface area contributed by atoms with Gasteiger partial charge in [-0.1, -0.05) is 28.1 Å². The Bertz CT molecular complexity index is 893. The van der Waals surface area contributed by atoms with Crippen molar-refractivity contribution in [3.05, 3.63) is 58.1 Å². The van der Waals surface area contributed by atoms with Crippen LogP contribution in [0.25, 0.3) is 0 Å². The zero-order valence-electron chi connectivity index (χ0n) is 17.7. The second-order valence-corrected chi connectivity index (χ2v) is 8.53. The van der Waals surface area contributed by atoms with Crippen LogP contribution in [0.2, 0.25) is 0 Å². The van der Waals surface area contributed by atoms with Gasteiger partial charge in [-0.05, 0) is 62.2 Å². The van der Waals surface area contributed by atoms with E-state index in [1.54, 1.807) is 6.92 Å². The highest BCUT2D eigenvalue weighted by Gasteiger charge is 2.26. The van der Waals surface area contributed by atoms with Crippen molar-refractivity contribution in [1.82, 2.24) is 9.80 Å². The Morgan fingerprint density at radius 3 is 2.40 bits per heavy atom. The largest absolute Gasteiger partial charge is 0.481 e. The zero-order chi connectivity index (χ0) is 21.7. The molecule has 1 fully saturated rings. The summed E-state index contributed by atoms with van der Waals surface area (Å²) in [7, 11) is 0. The number of anilines is 1. The number of aryl methyl sites for hydroxylation is 1. The van der Waals surface area contributed by atoms with Crippen molar-refractivity contribution in [3.8, 4) is 5.75 Å². The molecule has 0 aromatic heterocycles. The van der Waals surface area contributed by atoms with E-state index in [0.29, 0.717) is 38.5 Å². The molecule has 1 aliphatic heterocycles. The number of rotatable bonds is 6. The number of nitrogens with one attached hydrogen (secondary N) is 1. The Morgan fingerprint density at radius 2 is 1.73 bits per heavy atom. The molecule has 1 heterocycles. The summed E-state index contributed by atoms with van der Waals surface area (Å²) in [4.78, 5) is 29.0. The van der Waals surface area contributed by atoms with E-state index in [9.17, 15) is 9.59 Å². The van der Waals surface area contributed by atoms with Gasteiger partial charge in [0, 0.05) is 36.3 Å². The van der Waals surface area contributed by atoms with Crippen molar-refractivity contribution in [3.63, 3.8) is 0 Å². The molecule has 0 spiro atoms. The highest BCUT2D eigenvalue weighted by molar-refractivity contribution is 9.10. The van der Waals surface area contributed by atoms with Crippen molar-refractivity contribution >= 4 is 33.4 Å². The molecule has 3 rings (SSSR count). The standard InChI is InChI=1S/C23H28BrN3O3/c1-16-5-4-6-21(17(16)2)25-22(28)15-26-11-13-27(14-12-26)23(29)18(3)30-20-9-7-19(24)8-10-20/h4-10,18H,11-15H2,1-3H3,(H,25,28)/t18-/m1/s1. The van der Waals surface area contributed by atoms with Crippen molar-refractivity contribution in [2.75, 3.05) is 38.0 Å². The molecule has 1 atom stereocenters. The molecule has 2 amide bonds. The molecule has 7 heteroatoms. The van der Waals surface area contributed by atoms with Gasteiger partial charge in [-0.3, -0.25) is 14.5 Å². The van der Waals surface area contributed by atoms with E-state index in [2.05, 4.69) is 26.1 Å². The molecule has 1 N–H and O–H groups in total. The number of hydrogen-bond acceptors (Lipinski definition) is 4. The fraction of sp³-hybridized carbons (Fsp3) is 0.391. The molecule has 2 aromatic carbocycles. The van der Waals surface area contributed by atoms with Gasteiger partial charge in [-0.25, -0.2) is 0 Å². The summed E-state index contributed by atoms with van der Waals surface area (Å²) in [6.07, 6.45) is -0.551. The number of benzene rings is 2. The summed E-state index contributed by atoms with van der Waals surface area (Å²) in [5.41, 5.74) is 3.09. The monoisotopic (exact) mass is 473 g/mol. The van der Waals surface area contributed by atoms with Crippen molar-refractivity contribution in [2.45, 2.75) is 26.9 Å². The quantitative estimate of drug-likeness (QED) is 0.695. The first-order valence-electron chi connectivity index (χ1n) is 10.1. The van der Waals surface area contributed by atoms with Crippen LogP contribution < -0.4 is 10.1 Å². The van der Waals surface area contributed by atoms with E-state index >= 15 is 0 Å². The van der Waals surface area contributed by atoms with E-state index in [1.807, 2.05) is 61.2 Å². The number of carbonyl (C=O) groups is 2. The molecular weight excluding hydrogens is 446 g/mol. The van der Waals surface area contributed by atoms with Crippen LogP contribution in [0.5, 0.6) is 5.75 Å². The Hall–Kier alpha value is -2.38. The highest BCUT2D eigenvalue weighted by Crippen LogP contribution is 2.19. The normalized spacial score (nSPS) is 15.5. The third kappa shape index (κ3) is 5.83. The number of nitrogens with zero attached hydrogens (tertiary/aromatic N) is 2. The predicted octanol–water partition coefficient (Wildman–Crippen LogP) is 3.62. The van der Waals surface area contributed by atoms with E-state index < -0.39 is 6.10 Å². The summed E-state index contributed by atoms with van der Waals surface area (Å²) in [5, 5.41) is 3.00. The van der Waals surface area contributed by atoms with Crippen LogP contribution >= 0.6 is 15.9 Å². The third-order valence-corrected chi connectivity index (χ3v) is 5.93. The van der Waals surface area contributed by atoms with Crippen LogP contribution in [-0.4, -0.2) is 60.4 Å². The van der Waals surface area contributed by atoms with E-state index in [0.717, 1.165) is 21.3 Å². The van der Waals surface area contributed by atoms with Gasteiger partial charge in [0.15, 0.2) is 6.10 Å². The number of amides is 2. The molecule has 2 aromatic rings. The molecule has 6 nitrogen and oxygen atoms in total. The molecule has 0 saturated carbocycles. The first-order chi connectivity index (χ1) is 14.3. The molecule has 1 aliphatic rings. The molecule has 1 saturated heterocycles.